The molecule has 0 spiro atoms. The molecule has 18 heavy (non-hydrogen) atoms. The number of unbranched alkanes of at least 4 members (excludes halogenated alkanes) is 2. The molecule has 1 rings (SSSR count). The molecule has 0 aliphatic heterocycles. The predicted octanol–water partition coefficient (Wildman–Crippen LogP) is 2.64. The lowest BCUT2D eigenvalue weighted by Gasteiger charge is -2.13. The molecule has 0 aliphatic rings. The minimum absolute atomic E-state index is 0.600. The van der Waals surface area contributed by atoms with Crippen LogP contribution in [0.2, 0.25) is 0 Å². The van der Waals surface area contributed by atoms with E-state index in [0.717, 1.165) is 10.7 Å². The molecular weight excluding hydrogens is 248 g/mol. The third kappa shape index (κ3) is 4.66. The summed E-state index contributed by atoms with van der Waals surface area (Å²) in [5.74, 6) is 0. The van der Waals surface area contributed by atoms with Gasteiger partial charge in [-0.05, 0) is 30.5 Å². The molecule has 5 heteroatoms. The van der Waals surface area contributed by atoms with Crippen LogP contribution < -0.4 is 4.72 Å². The standard InChI is InChI=1S/C13H22N2O2S/c1-4-5-6-7-12-8-10-13(11-9-12)14-18(16,17)15(2)3/h8-11,14H,4-7H2,1-3H3. The molecule has 0 amide bonds. The van der Waals surface area contributed by atoms with Gasteiger partial charge in [0.2, 0.25) is 0 Å². The normalized spacial score (nSPS) is 11.8. The summed E-state index contributed by atoms with van der Waals surface area (Å²) in [6.07, 6.45) is 4.67. The van der Waals surface area contributed by atoms with Crippen LogP contribution in [-0.2, 0) is 16.6 Å². The van der Waals surface area contributed by atoms with Gasteiger partial charge in [-0.3, -0.25) is 4.72 Å². The third-order valence-electron chi connectivity index (χ3n) is 2.75. The van der Waals surface area contributed by atoms with Crippen LogP contribution >= 0.6 is 0 Å². The largest absolute Gasteiger partial charge is 0.301 e. The minimum atomic E-state index is -3.40. The molecule has 1 N–H and O–H groups in total. The molecule has 0 atom stereocenters. The lowest BCUT2D eigenvalue weighted by molar-refractivity contribution is 0.527. The zero-order chi connectivity index (χ0) is 13.6. The van der Waals surface area contributed by atoms with Crippen molar-refractivity contribution < 1.29 is 8.42 Å². The molecule has 0 aliphatic carbocycles. The van der Waals surface area contributed by atoms with E-state index in [-0.39, 0.29) is 0 Å². The smallest absolute Gasteiger partial charge is 0.271 e. The molecule has 0 fully saturated rings. The van der Waals surface area contributed by atoms with E-state index in [1.54, 1.807) is 0 Å². The van der Waals surface area contributed by atoms with Gasteiger partial charge >= 0.3 is 10.2 Å². The summed E-state index contributed by atoms with van der Waals surface area (Å²) in [6, 6.07) is 7.57. The zero-order valence-electron chi connectivity index (χ0n) is 11.3. The summed E-state index contributed by atoms with van der Waals surface area (Å²) in [5.41, 5.74) is 1.85. The zero-order valence-corrected chi connectivity index (χ0v) is 12.1. The Balaban J connectivity index is 2.61. The van der Waals surface area contributed by atoms with Gasteiger partial charge in [0.05, 0.1) is 0 Å². The van der Waals surface area contributed by atoms with Crippen molar-refractivity contribution >= 4 is 15.9 Å². The van der Waals surface area contributed by atoms with Gasteiger partial charge in [-0.2, -0.15) is 12.7 Å². The van der Waals surface area contributed by atoms with Gasteiger partial charge in [0.25, 0.3) is 0 Å². The number of hydrogen-bond acceptors (Lipinski definition) is 2. The number of nitrogens with zero attached hydrogens (tertiary/aromatic N) is 1. The van der Waals surface area contributed by atoms with Gasteiger partial charge in [-0.15, -0.1) is 0 Å². The van der Waals surface area contributed by atoms with E-state index < -0.39 is 10.2 Å². The summed E-state index contributed by atoms with van der Waals surface area (Å²) in [4.78, 5) is 0. The highest BCUT2D eigenvalue weighted by atomic mass is 32.2. The summed E-state index contributed by atoms with van der Waals surface area (Å²) in [5, 5.41) is 0. The van der Waals surface area contributed by atoms with Crippen LogP contribution in [0.15, 0.2) is 24.3 Å². The molecule has 0 unspecified atom stereocenters. The Morgan fingerprint density at radius 1 is 1.11 bits per heavy atom. The Morgan fingerprint density at radius 2 is 1.72 bits per heavy atom. The van der Waals surface area contributed by atoms with Gasteiger partial charge in [0.1, 0.15) is 0 Å². The average Bonchev–Trinajstić information content (AvgIpc) is 2.31. The van der Waals surface area contributed by atoms with Crippen molar-refractivity contribution in [2.75, 3.05) is 18.8 Å². The SMILES string of the molecule is CCCCCc1ccc(NS(=O)(=O)N(C)C)cc1. The van der Waals surface area contributed by atoms with E-state index in [9.17, 15) is 8.42 Å². The van der Waals surface area contributed by atoms with Crippen molar-refractivity contribution in [3.63, 3.8) is 0 Å². The number of hydrogen-bond donors (Lipinski definition) is 1. The van der Waals surface area contributed by atoms with E-state index >= 15 is 0 Å². The van der Waals surface area contributed by atoms with Crippen molar-refractivity contribution in [3.8, 4) is 0 Å². The Kier molecular flexibility index (Phi) is 5.62. The Bertz CT molecular complexity index is 452. The summed E-state index contributed by atoms with van der Waals surface area (Å²) in [7, 11) is -0.399. The maximum Gasteiger partial charge on any atom is 0.301 e. The van der Waals surface area contributed by atoms with Crippen LogP contribution in [0.25, 0.3) is 0 Å². The monoisotopic (exact) mass is 270 g/mol. The minimum Gasteiger partial charge on any atom is -0.271 e. The van der Waals surface area contributed by atoms with E-state index in [4.69, 9.17) is 0 Å². The molecule has 1 aromatic carbocycles. The Labute approximate surface area is 110 Å². The quantitative estimate of drug-likeness (QED) is 0.774. The first-order chi connectivity index (χ1) is 8.45. The van der Waals surface area contributed by atoms with Crippen LogP contribution in [0.3, 0.4) is 0 Å². The molecular formula is C13H22N2O2S. The Morgan fingerprint density at radius 3 is 2.22 bits per heavy atom. The van der Waals surface area contributed by atoms with Gasteiger partial charge in [-0.1, -0.05) is 31.9 Å². The second-order valence-electron chi connectivity index (χ2n) is 4.54. The summed E-state index contributed by atoms with van der Waals surface area (Å²) < 4.78 is 26.9. The fourth-order valence-electron chi connectivity index (χ4n) is 1.56. The van der Waals surface area contributed by atoms with Gasteiger partial charge in [0.15, 0.2) is 0 Å². The average molecular weight is 270 g/mol. The van der Waals surface area contributed by atoms with Gasteiger partial charge in [-0.25, -0.2) is 0 Å². The molecule has 0 heterocycles. The molecule has 102 valence electrons. The summed E-state index contributed by atoms with van der Waals surface area (Å²) >= 11 is 0. The first-order valence-electron chi connectivity index (χ1n) is 6.25. The molecule has 0 saturated carbocycles. The summed E-state index contributed by atoms with van der Waals surface area (Å²) in [6.45, 7) is 2.18. The highest BCUT2D eigenvalue weighted by Crippen LogP contribution is 2.14. The second-order valence-corrected chi connectivity index (χ2v) is 6.43. The number of benzene rings is 1. The van der Waals surface area contributed by atoms with Crippen molar-refractivity contribution in [1.82, 2.24) is 4.31 Å². The third-order valence-corrected chi connectivity index (χ3v) is 4.21. The van der Waals surface area contributed by atoms with E-state index in [1.165, 1.54) is 38.9 Å². The molecule has 0 aromatic heterocycles. The predicted molar refractivity (Wildman–Crippen MR) is 75.9 cm³/mol. The fourth-order valence-corrected chi connectivity index (χ4v) is 2.18. The van der Waals surface area contributed by atoms with Crippen LogP contribution in [0.1, 0.15) is 31.7 Å². The Hall–Kier alpha value is -1.07. The first kappa shape index (κ1) is 15.0. The number of rotatable bonds is 7. The molecule has 1 aromatic rings. The van der Waals surface area contributed by atoms with Gasteiger partial charge < -0.3 is 0 Å². The van der Waals surface area contributed by atoms with Crippen LogP contribution in [0.5, 0.6) is 0 Å². The van der Waals surface area contributed by atoms with Crippen molar-refractivity contribution in [2.24, 2.45) is 0 Å². The molecule has 4 nitrogen and oxygen atoms in total. The number of nitrogens with one attached hydrogen (secondary N) is 1. The highest BCUT2D eigenvalue weighted by molar-refractivity contribution is 7.90. The fraction of sp³-hybridized carbons (Fsp3) is 0.538. The molecule has 0 bridgehead atoms. The molecule has 0 radical (unpaired) electrons. The van der Waals surface area contributed by atoms with E-state index in [1.807, 2.05) is 24.3 Å². The lowest BCUT2D eigenvalue weighted by atomic mass is 10.1. The topological polar surface area (TPSA) is 49.4 Å². The van der Waals surface area contributed by atoms with Crippen LogP contribution in [0, 0.1) is 0 Å². The first-order valence-corrected chi connectivity index (χ1v) is 7.69. The van der Waals surface area contributed by atoms with E-state index in [2.05, 4.69) is 11.6 Å². The van der Waals surface area contributed by atoms with Crippen molar-refractivity contribution in [1.29, 1.82) is 0 Å². The van der Waals surface area contributed by atoms with Crippen molar-refractivity contribution in [3.05, 3.63) is 29.8 Å². The number of aryl methyl sites for hydroxylation is 1. The highest BCUT2D eigenvalue weighted by Gasteiger charge is 2.12. The molecule has 0 saturated heterocycles. The maximum atomic E-state index is 11.6. The number of anilines is 1. The van der Waals surface area contributed by atoms with Crippen LogP contribution in [-0.4, -0.2) is 26.8 Å². The second kappa shape index (κ2) is 6.75. The van der Waals surface area contributed by atoms with E-state index in [0.29, 0.717) is 5.69 Å². The van der Waals surface area contributed by atoms with Crippen molar-refractivity contribution in [2.45, 2.75) is 32.6 Å². The van der Waals surface area contributed by atoms with Gasteiger partial charge in [0, 0.05) is 19.8 Å². The van der Waals surface area contributed by atoms with Crippen LogP contribution in [0.4, 0.5) is 5.69 Å². The lowest BCUT2D eigenvalue weighted by Crippen LogP contribution is -2.28. The maximum absolute atomic E-state index is 11.6.